The topological polar surface area (TPSA) is 24.7 Å². The molecule has 0 aromatic heterocycles. The largest absolute Gasteiger partial charge is 0.258 e. The SMILES string of the molecule is CCCCC1(C[P+](c2ccccc2)(c2ccccc2)c2ccccc2)N=CC(C)=N1. The molecule has 3 heteroatoms. The van der Waals surface area contributed by atoms with Gasteiger partial charge in [-0.1, -0.05) is 67.9 Å². The molecule has 1 aliphatic rings. The smallest absolute Gasteiger partial charge is 0.184 e. The molecule has 30 heavy (non-hydrogen) atoms. The lowest BCUT2D eigenvalue weighted by Crippen LogP contribution is -2.41. The molecule has 2 nitrogen and oxygen atoms in total. The Labute approximate surface area is 181 Å². The fourth-order valence-corrected chi connectivity index (χ4v) is 9.04. The van der Waals surface area contributed by atoms with Gasteiger partial charge in [0.1, 0.15) is 29.3 Å². The molecule has 4 rings (SSSR count). The van der Waals surface area contributed by atoms with Crippen LogP contribution in [0.4, 0.5) is 0 Å². The predicted molar refractivity (Wildman–Crippen MR) is 134 cm³/mol. The lowest BCUT2D eigenvalue weighted by Gasteiger charge is -2.34. The van der Waals surface area contributed by atoms with Crippen molar-refractivity contribution in [2.75, 3.05) is 6.16 Å². The molecule has 3 aromatic carbocycles. The Hall–Kier alpha value is -2.57. The molecule has 0 radical (unpaired) electrons. The van der Waals surface area contributed by atoms with Crippen LogP contribution in [0.3, 0.4) is 0 Å². The fraction of sp³-hybridized carbons (Fsp3) is 0.259. The van der Waals surface area contributed by atoms with Crippen molar-refractivity contribution in [1.29, 1.82) is 0 Å². The van der Waals surface area contributed by atoms with Gasteiger partial charge in [0.15, 0.2) is 5.66 Å². The van der Waals surface area contributed by atoms with Crippen LogP contribution in [0.5, 0.6) is 0 Å². The van der Waals surface area contributed by atoms with E-state index in [0.29, 0.717) is 0 Å². The molecule has 3 aromatic rings. The average molecular weight is 414 g/mol. The van der Waals surface area contributed by atoms with Gasteiger partial charge in [0.05, 0.1) is 5.71 Å². The number of rotatable bonds is 8. The summed E-state index contributed by atoms with van der Waals surface area (Å²) in [6, 6.07) is 33.1. The normalized spacial score (nSPS) is 18.4. The van der Waals surface area contributed by atoms with E-state index >= 15 is 0 Å². The number of nitrogens with zero attached hydrogens (tertiary/aromatic N) is 2. The fourth-order valence-electron chi connectivity index (χ4n) is 4.48. The zero-order chi connectivity index (χ0) is 20.9. The van der Waals surface area contributed by atoms with Crippen LogP contribution < -0.4 is 15.9 Å². The van der Waals surface area contributed by atoms with E-state index in [9.17, 15) is 0 Å². The van der Waals surface area contributed by atoms with Gasteiger partial charge in [-0.3, -0.25) is 9.98 Å². The van der Waals surface area contributed by atoms with Gasteiger partial charge in [-0.25, -0.2) is 0 Å². The highest BCUT2D eigenvalue weighted by Crippen LogP contribution is 2.58. The molecule has 1 aliphatic heterocycles. The Balaban J connectivity index is 1.97. The van der Waals surface area contributed by atoms with E-state index in [0.717, 1.165) is 31.1 Å². The zero-order valence-corrected chi connectivity index (χ0v) is 18.8. The first-order valence-corrected chi connectivity index (χ1v) is 12.8. The van der Waals surface area contributed by atoms with Crippen LogP contribution in [0, 0.1) is 0 Å². The van der Waals surface area contributed by atoms with Crippen molar-refractivity contribution in [2.45, 2.75) is 38.8 Å². The second-order valence-electron chi connectivity index (χ2n) is 8.07. The Bertz CT molecular complexity index is 916. The maximum Gasteiger partial charge on any atom is 0.184 e. The maximum absolute atomic E-state index is 5.14. The summed E-state index contributed by atoms with van der Waals surface area (Å²) < 4.78 is 0. The Morgan fingerprint density at radius 3 is 1.57 bits per heavy atom. The van der Waals surface area contributed by atoms with E-state index < -0.39 is 7.26 Å². The molecule has 0 saturated heterocycles. The molecule has 0 aliphatic carbocycles. The quantitative estimate of drug-likeness (QED) is 0.441. The predicted octanol–water partition coefficient (Wildman–Crippen LogP) is 5.41. The van der Waals surface area contributed by atoms with Gasteiger partial charge >= 0.3 is 0 Å². The second kappa shape index (κ2) is 9.06. The first-order chi connectivity index (χ1) is 14.7. The van der Waals surface area contributed by atoms with E-state index in [1.165, 1.54) is 15.9 Å². The Morgan fingerprint density at radius 2 is 1.20 bits per heavy atom. The van der Waals surface area contributed by atoms with Crippen LogP contribution in [-0.4, -0.2) is 23.8 Å². The van der Waals surface area contributed by atoms with Gasteiger partial charge in [-0.15, -0.1) is 0 Å². The standard InChI is InChI=1S/C27H30N2P/c1-3-4-20-27(28-21-23(2)29-27)22-30(24-14-8-5-9-15-24,25-16-10-6-11-17-25)26-18-12-7-13-19-26/h5-19,21H,3-4,20,22H2,1-2H3/q+1. The van der Waals surface area contributed by atoms with Crippen molar-refractivity contribution in [3.05, 3.63) is 91.0 Å². The summed E-state index contributed by atoms with van der Waals surface area (Å²) in [6.07, 6.45) is 6.18. The number of hydrogen-bond acceptors (Lipinski definition) is 2. The van der Waals surface area contributed by atoms with Crippen LogP contribution >= 0.6 is 7.26 Å². The summed E-state index contributed by atoms with van der Waals surface area (Å²) >= 11 is 0. The molecule has 0 fully saturated rings. The lowest BCUT2D eigenvalue weighted by atomic mass is 10.1. The van der Waals surface area contributed by atoms with Crippen molar-refractivity contribution in [3.8, 4) is 0 Å². The van der Waals surface area contributed by atoms with Gasteiger partial charge in [-0.2, -0.15) is 0 Å². The number of benzene rings is 3. The molecular formula is C27H30N2P+. The van der Waals surface area contributed by atoms with Crippen molar-refractivity contribution in [3.63, 3.8) is 0 Å². The van der Waals surface area contributed by atoms with E-state index in [-0.39, 0.29) is 5.66 Å². The van der Waals surface area contributed by atoms with E-state index in [2.05, 4.69) is 105 Å². The molecule has 1 unspecified atom stereocenters. The average Bonchev–Trinajstić information content (AvgIpc) is 3.18. The molecule has 152 valence electrons. The van der Waals surface area contributed by atoms with Crippen LogP contribution in [-0.2, 0) is 0 Å². The van der Waals surface area contributed by atoms with E-state index in [1.54, 1.807) is 0 Å². The van der Waals surface area contributed by atoms with Gasteiger partial charge in [0.2, 0.25) is 0 Å². The molecule has 1 heterocycles. The van der Waals surface area contributed by atoms with Crippen LogP contribution in [0.25, 0.3) is 0 Å². The van der Waals surface area contributed by atoms with E-state index in [1.807, 2.05) is 6.21 Å². The minimum atomic E-state index is -1.96. The molecule has 0 amide bonds. The summed E-state index contributed by atoms with van der Waals surface area (Å²) in [4.78, 5) is 10.2. The summed E-state index contributed by atoms with van der Waals surface area (Å²) in [5.41, 5.74) is 0.661. The van der Waals surface area contributed by atoms with Crippen LogP contribution in [0.1, 0.15) is 33.1 Å². The minimum absolute atomic E-state index is 0.380. The van der Waals surface area contributed by atoms with Crippen LogP contribution in [0.2, 0.25) is 0 Å². The number of hydrogen-bond donors (Lipinski definition) is 0. The second-order valence-corrected chi connectivity index (χ2v) is 11.6. The van der Waals surface area contributed by atoms with Crippen molar-refractivity contribution in [2.24, 2.45) is 9.98 Å². The number of aliphatic imine (C=N–C) groups is 2. The molecular weight excluding hydrogens is 383 g/mol. The summed E-state index contributed by atoms with van der Waals surface area (Å²) in [7, 11) is -1.96. The minimum Gasteiger partial charge on any atom is -0.258 e. The molecule has 1 atom stereocenters. The highest BCUT2D eigenvalue weighted by Gasteiger charge is 2.52. The van der Waals surface area contributed by atoms with Crippen LogP contribution in [0.15, 0.2) is 101 Å². The third kappa shape index (κ3) is 4.02. The molecule has 0 N–H and O–H groups in total. The monoisotopic (exact) mass is 413 g/mol. The molecule has 0 bridgehead atoms. The zero-order valence-electron chi connectivity index (χ0n) is 17.9. The molecule has 0 saturated carbocycles. The van der Waals surface area contributed by atoms with Crippen molar-refractivity contribution >= 4 is 35.1 Å². The van der Waals surface area contributed by atoms with Gasteiger partial charge < -0.3 is 0 Å². The summed E-state index contributed by atoms with van der Waals surface area (Å²) in [5, 5.41) is 4.19. The highest BCUT2D eigenvalue weighted by atomic mass is 31.2. The lowest BCUT2D eigenvalue weighted by molar-refractivity contribution is 0.453. The first-order valence-electron chi connectivity index (χ1n) is 10.9. The summed E-state index contributed by atoms with van der Waals surface area (Å²) in [6.45, 7) is 4.32. The summed E-state index contributed by atoms with van der Waals surface area (Å²) in [5.74, 6) is 0. The van der Waals surface area contributed by atoms with Gasteiger partial charge in [-0.05, 0) is 56.2 Å². The van der Waals surface area contributed by atoms with Gasteiger partial charge in [0, 0.05) is 6.21 Å². The van der Waals surface area contributed by atoms with Crippen molar-refractivity contribution in [1.82, 2.24) is 0 Å². The third-order valence-electron chi connectivity index (χ3n) is 5.89. The maximum atomic E-state index is 5.14. The van der Waals surface area contributed by atoms with Gasteiger partial charge in [0.25, 0.3) is 0 Å². The first kappa shape index (κ1) is 20.7. The van der Waals surface area contributed by atoms with Crippen molar-refractivity contribution < 1.29 is 0 Å². The number of unbranched alkanes of at least 4 members (excludes halogenated alkanes) is 1. The van der Waals surface area contributed by atoms with E-state index in [4.69, 9.17) is 9.98 Å². The Kier molecular flexibility index (Phi) is 6.25. The molecule has 0 spiro atoms. The highest BCUT2D eigenvalue weighted by molar-refractivity contribution is 7.95. The third-order valence-corrected chi connectivity index (χ3v) is 10.4. The Morgan fingerprint density at radius 1 is 0.733 bits per heavy atom.